The van der Waals surface area contributed by atoms with Crippen molar-refractivity contribution in [2.75, 3.05) is 11.9 Å². The van der Waals surface area contributed by atoms with Crippen LogP contribution in [-0.4, -0.2) is 22.3 Å². The molecule has 3 aromatic rings. The summed E-state index contributed by atoms with van der Waals surface area (Å²) in [4.78, 5) is 12.3. The Bertz CT molecular complexity index is 938. The molecule has 6 heteroatoms. The summed E-state index contributed by atoms with van der Waals surface area (Å²) in [5.74, 6) is 0.473. The van der Waals surface area contributed by atoms with Gasteiger partial charge < -0.3 is 10.1 Å². The number of aryl methyl sites for hydroxylation is 2. The third-order valence-corrected chi connectivity index (χ3v) is 4.66. The summed E-state index contributed by atoms with van der Waals surface area (Å²) in [6, 6.07) is 13.1. The Labute approximate surface area is 156 Å². The van der Waals surface area contributed by atoms with E-state index in [2.05, 4.69) is 16.5 Å². The molecule has 0 spiro atoms. The minimum atomic E-state index is -0.249. The van der Waals surface area contributed by atoms with Crippen LogP contribution in [0.5, 0.6) is 5.75 Å². The van der Waals surface area contributed by atoms with Gasteiger partial charge in [-0.3, -0.25) is 4.79 Å². The number of aromatic nitrogens is 2. The van der Waals surface area contributed by atoms with Crippen LogP contribution in [0.25, 0.3) is 5.69 Å². The molecule has 0 bridgehead atoms. The van der Waals surface area contributed by atoms with Crippen molar-refractivity contribution in [3.63, 3.8) is 0 Å². The van der Waals surface area contributed by atoms with E-state index in [1.165, 1.54) is 17.5 Å². The van der Waals surface area contributed by atoms with Crippen LogP contribution in [0.4, 0.5) is 5.69 Å². The fraction of sp³-hybridized carbons (Fsp3) is 0.200. The van der Waals surface area contributed by atoms with Gasteiger partial charge in [0.05, 0.1) is 11.4 Å². The van der Waals surface area contributed by atoms with Crippen LogP contribution in [0.3, 0.4) is 0 Å². The van der Waals surface area contributed by atoms with Gasteiger partial charge in [0.1, 0.15) is 5.75 Å². The van der Waals surface area contributed by atoms with E-state index in [0.717, 1.165) is 24.3 Å². The number of hydrogen-bond donors (Lipinski definition) is 1. The molecule has 0 aliphatic heterocycles. The Kier molecular flexibility index (Phi) is 4.63. The lowest BCUT2D eigenvalue weighted by Crippen LogP contribution is -2.21. The molecule has 0 saturated heterocycles. The number of ether oxygens (including phenoxy) is 1. The number of halogens is 1. The fourth-order valence-electron chi connectivity index (χ4n) is 3.19. The highest BCUT2D eigenvalue weighted by molar-refractivity contribution is 6.31. The molecule has 2 aromatic carbocycles. The Balaban J connectivity index is 1.44. The van der Waals surface area contributed by atoms with Gasteiger partial charge in [0, 0.05) is 17.4 Å². The van der Waals surface area contributed by atoms with E-state index in [1.807, 2.05) is 24.3 Å². The Hall–Kier alpha value is -2.79. The highest BCUT2D eigenvalue weighted by atomic mass is 35.5. The van der Waals surface area contributed by atoms with Crippen LogP contribution in [-0.2, 0) is 17.6 Å². The highest BCUT2D eigenvalue weighted by Gasteiger charge is 2.13. The van der Waals surface area contributed by atoms with Gasteiger partial charge in [-0.25, -0.2) is 4.68 Å². The van der Waals surface area contributed by atoms with E-state index in [4.69, 9.17) is 16.3 Å². The molecule has 0 unspecified atom stereocenters. The zero-order valence-electron chi connectivity index (χ0n) is 14.1. The summed E-state index contributed by atoms with van der Waals surface area (Å²) in [6.07, 6.45) is 6.87. The fourth-order valence-corrected chi connectivity index (χ4v) is 3.36. The topological polar surface area (TPSA) is 56.1 Å². The predicted molar refractivity (Wildman–Crippen MR) is 101 cm³/mol. The van der Waals surface area contributed by atoms with Crippen LogP contribution in [0.15, 0.2) is 54.9 Å². The number of carbonyl (C=O) groups is 1. The summed E-state index contributed by atoms with van der Waals surface area (Å²) in [6.45, 7) is -0.0656. The van der Waals surface area contributed by atoms with E-state index in [9.17, 15) is 4.79 Å². The summed E-state index contributed by atoms with van der Waals surface area (Å²) in [5.41, 5.74) is 4.03. The molecule has 1 aliphatic carbocycles. The Morgan fingerprint density at radius 1 is 1.19 bits per heavy atom. The van der Waals surface area contributed by atoms with Gasteiger partial charge in [0.2, 0.25) is 0 Å². The number of hydrogen-bond acceptors (Lipinski definition) is 3. The molecular weight excluding hydrogens is 350 g/mol. The molecule has 132 valence electrons. The van der Waals surface area contributed by atoms with E-state index in [1.54, 1.807) is 29.2 Å². The van der Waals surface area contributed by atoms with Crippen molar-refractivity contribution >= 4 is 23.2 Å². The Morgan fingerprint density at radius 2 is 2.08 bits per heavy atom. The average molecular weight is 368 g/mol. The first kappa shape index (κ1) is 16.7. The molecule has 26 heavy (non-hydrogen) atoms. The zero-order valence-corrected chi connectivity index (χ0v) is 14.9. The lowest BCUT2D eigenvalue weighted by Gasteiger charge is -2.13. The van der Waals surface area contributed by atoms with Gasteiger partial charge in [-0.1, -0.05) is 17.7 Å². The van der Waals surface area contributed by atoms with Crippen molar-refractivity contribution < 1.29 is 9.53 Å². The number of nitrogens with one attached hydrogen (secondary N) is 1. The van der Waals surface area contributed by atoms with Crippen molar-refractivity contribution in [2.24, 2.45) is 0 Å². The third-order valence-electron chi connectivity index (χ3n) is 4.42. The van der Waals surface area contributed by atoms with Crippen LogP contribution in [0.1, 0.15) is 17.5 Å². The van der Waals surface area contributed by atoms with Crippen molar-refractivity contribution in [1.29, 1.82) is 0 Å². The molecular formula is C20H18ClN3O2. The number of fused-ring (bicyclic) bond motifs is 1. The molecule has 0 atom stereocenters. The Morgan fingerprint density at radius 3 is 2.92 bits per heavy atom. The smallest absolute Gasteiger partial charge is 0.262 e. The number of rotatable bonds is 5. The molecule has 1 heterocycles. The van der Waals surface area contributed by atoms with Gasteiger partial charge in [-0.2, -0.15) is 5.10 Å². The number of amides is 1. The lowest BCUT2D eigenvalue weighted by atomic mass is 10.1. The zero-order chi connectivity index (χ0) is 17.9. The molecule has 4 rings (SSSR count). The minimum absolute atomic E-state index is 0.0656. The maximum atomic E-state index is 12.3. The van der Waals surface area contributed by atoms with Crippen molar-refractivity contribution in [2.45, 2.75) is 19.3 Å². The summed E-state index contributed by atoms with van der Waals surface area (Å²) in [5, 5.41) is 7.59. The van der Waals surface area contributed by atoms with Gasteiger partial charge in [-0.15, -0.1) is 0 Å². The molecule has 5 nitrogen and oxygen atoms in total. The largest absolute Gasteiger partial charge is 0.484 e. The predicted octanol–water partition coefficient (Wildman–Crippen LogP) is 4.03. The second-order valence-corrected chi connectivity index (χ2v) is 6.67. The van der Waals surface area contributed by atoms with Crippen molar-refractivity contribution in [3.8, 4) is 11.4 Å². The van der Waals surface area contributed by atoms with Crippen molar-refractivity contribution in [3.05, 3.63) is 71.0 Å². The number of carbonyl (C=O) groups excluding carboxylic acids is 1. The monoisotopic (exact) mass is 367 g/mol. The molecule has 1 aliphatic rings. The molecule has 1 amide bonds. The maximum Gasteiger partial charge on any atom is 0.262 e. The van der Waals surface area contributed by atoms with Gasteiger partial charge >= 0.3 is 0 Å². The number of nitrogens with zero attached hydrogens (tertiary/aromatic N) is 2. The van der Waals surface area contributed by atoms with E-state index >= 15 is 0 Å². The first-order chi connectivity index (χ1) is 12.7. The summed E-state index contributed by atoms with van der Waals surface area (Å²) in [7, 11) is 0. The van der Waals surface area contributed by atoms with E-state index < -0.39 is 0 Å². The first-order valence-electron chi connectivity index (χ1n) is 8.53. The molecule has 0 saturated carbocycles. The first-order valence-corrected chi connectivity index (χ1v) is 8.91. The van der Waals surface area contributed by atoms with Crippen LogP contribution < -0.4 is 10.1 Å². The van der Waals surface area contributed by atoms with Crippen LogP contribution >= 0.6 is 11.6 Å². The molecule has 1 aromatic heterocycles. The summed E-state index contributed by atoms with van der Waals surface area (Å²) >= 11 is 6.08. The SMILES string of the molecule is O=C(COc1ccc2c(c1)CCC2)Nc1cc(Cl)ccc1-n1cccn1. The van der Waals surface area contributed by atoms with Crippen LogP contribution in [0.2, 0.25) is 5.02 Å². The average Bonchev–Trinajstić information content (AvgIpc) is 3.31. The van der Waals surface area contributed by atoms with Crippen LogP contribution in [0, 0.1) is 0 Å². The third kappa shape index (κ3) is 3.58. The number of benzene rings is 2. The normalized spacial score (nSPS) is 12.7. The quantitative estimate of drug-likeness (QED) is 0.740. The maximum absolute atomic E-state index is 12.3. The molecule has 1 N–H and O–H groups in total. The van der Waals surface area contributed by atoms with Gasteiger partial charge in [-0.05, 0) is 66.8 Å². The van der Waals surface area contributed by atoms with E-state index in [0.29, 0.717) is 10.7 Å². The van der Waals surface area contributed by atoms with E-state index in [-0.39, 0.29) is 12.5 Å². The van der Waals surface area contributed by atoms with Crippen molar-refractivity contribution in [1.82, 2.24) is 9.78 Å². The van der Waals surface area contributed by atoms with Gasteiger partial charge in [0.15, 0.2) is 6.61 Å². The minimum Gasteiger partial charge on any atom is -0.484 e. The lowest BCUT2D eigenvalue weighted by molar-refractivity contribution is -0.118. The summed E-state index contributed by atoms with van der Waals surface area (Å²) < 4.78 is 7.33. The second-order valence-electron chi connectivity index (χ2n) is 6.23. The number of anilines is 1. The standard InChI is InChI=1S/C20H18ClN3O2/c21-16-6-8-19(24-10-2-9-22-24)18(12-16)23-20(25)13-26-17-7-5-14-3-1-4-15(14)11-17/h2,5-12H,1,3-4,13H2,(H,23,25). The molecule has 0 fully saturated rings. The second kappa shape index (κ2) is 7.22. The molecule has 0 radical (unpaired) electrons. The van der Waals surface area contributed by atoms with Gasteiger partial charge in [0.25, 0.3) is 5.91 Å². The highest BCUT2D eigenvalue weighted by Crippen LogP contribution is 2.26.